The molecular weight excluding hydrogens is 447 g/mol. The standard InChI is InChI=1S/C20H20F3N5O3S/c1-19(2,3)31-18(30)27-13-6-5-12(20(21,22)23)7-14(13)25-16(29)15-10-32-17(26-15)11-8-24-28(4)9-11/h5-10H,1-4H3,(H,25,29)(H,27,30). The van der Waals surface area contributed by atoms with Gasteiger partial charge in [0.05, 0.1) is 23.1 Å². The van der Waals surface area contributed by atoms with E-state index in [1.165, 1.54) is 16.7 Å². The highest BCUT2D eigenvalue weighted by molar-refractivity contribution is 7.13. The monoisotopic (exact) mass is 467 g/mol. The van der Waals surface area contributed by atoms with Crippen LogP contribution in [0, 0.1) is 0 Å². The zero-order valence-corrected chi connectivity index (χ0v) is 18.4. The van der Waals surface area contributed by atoms with Gasteiger partial charge in [0.15, 0.2) is 0 Å². The van der Waals surface area contributed by atoms with Crippen LogP contribution in [0.2, 0.25) is 0 Å². The van der Waals surface area contributed by atoms with Crippen LogP contribution in [0.15, 0.2) is 36.0 Å². The smallest absolute Gasteiger partial charge is 0.416 e. The fourth-order valence-electron chi connectivity index (χ4n) is 2.58. The first kappa shape index (κ1) is 23.3. The molecule has 0 saturated heterocycles. The lowest BCUT2D eigenvalue weighted by molar-refractivity contribution is -0.137. The summed E-state index contributed by atoms with van der Waals surface area (Å²) in [6.45, 7) is 4.93. The van der Waals surface area contributed by atoms with Gasteiger partial charge in [0.25, 0.3) is 5.91 Å². The molecule has 2 aromatic heterocycles. The molecule has 0 unspecified atom stereocenters. The summed E-state index contributed by atoms with van der Waals surface area (Å²) in [5.74, 6) is -0.733. The maximum atomic E-state index is 13.2. The Bertz CT molecular complexity index is 1150. The predicted octanol–water partition coefficient (Wildman–Crippen LogP) is 5.16. The summed E-state index contributed by atoms with van der Waals surface area (Å²) in [5.41, 5.74) is -1.40. The third kappa shape index (κ3) is 5.84. The molecular formula is C20H20F3N5O3S. The van der Waals surface area contributed by atoms with Crippen LogP contribution in [-0.4, -0.2) is 32.4 Å². The summed E-state index contributed by atoms with van der Waals surface area (Å²) in [4.78, 5) is 29.0. The fourth-order valence-corrected chi connectivity index (χ4v) is 3.35. The summed E-state index contributed by atoms with van der Waals surface area (Å²) in [6, 6.07) is 2.58. The molecule has 0 aliphatic carbocycles. The minimum Gasteiger partial charge on any atom is -0.444 e. The van der Waals surface area contributed by atoms with Crippen molar-refractivity contribution in [2.75, 3.05) is 10.6 Å². The van der Waals surface area contributed by atoms with E-state index in [9.17, 15) is 22.8 Å². The Hall–Kier alpha value is -3.41. The second kappa shape index (κ2) is 8.61. The topological polar surface area (TPSA) is 98.1 Å². The van der Waals surface area contributed by atoms with Crippen LogP contribution in [-0.2, 0) is 18.0 Å². The number of nitrogens with zero attached hydrogens (tertiary/aromatic N) is 3. The van der Waals surface area contributed by atoms with Crippen molar-refractivity contribution in [2.24, 2.45) is 7.05 Å². The molecule has 2 N–H and O–H groups in total. The third-order valence-corrected chi connectivity index (χ3v) is 4.81. The van der Waals surface area contributed by atoms with E-state index in [1.807, 2.05) is 0 Å². The van der Waals surface area contributed by atoms with Gasteiger partial charge in [-0.05, 0) is 39.0 Å². The summed E-state index contributed by atoms with van der Waals surface area (Å²) < 4.78 is 46.3. The first-order valence-electron chi connectivity index (χ1n) is 9.29. The summed E-state index contributed by atoms with van der Waals surface area (Å²) in [6.07, 6.45) is -2.22. The lowest BCUT2D eigenvalue weighted by atomic mass is 10.1. The average molecular weight is 467 g/mol. The van der Waals surface area contributed by atoms with Crippen molar-refractivity contribution in [3.63, 3.8) is 0 Å². The van der Waals surface area contributed by atoms with Gasteiger partial charge in [0, 0.05) is 24.2 Å². The second-order valence-corrected chi connectivity index (χ2v) is 8.64. The number of rotatable bonds is 4. The number of ether oxygens (including phenoxy) is 1. The number of thiazole rings is 1. The Kier molecular flexibility index (Phi) is 6.26. The van der Waals surface area contributed by atoms with Crippen molar-refractivity contribution in [3.8, 4) is 10.6 Å². The Morgan fingerprint density at radius 2 is 1.84 bits per heavy atom. The van der Waals surface area contributed by atoms with Crippen LogP contribution in [0.5, 0.6) is 0 Å². The number of hydrogen-bond acceptors (Lipinski definition) is 6. The van der Waals surface area contributed by atoms with Crippen LogP contribution in [0.3, 0.4) is 0 Å². The Labute approximate surface area is 185 Å². The van der Waals surface area contributed by atoms with Crippen LogP contribution < -0.4 is 10.6 Å². The molecule has 3 rings (SSSR count). The van der Waals surface area contributed by atoms with Crippen LogP contribution in [0.1, 0.15) is 36.8 Å². The molecule has 0 aliphatic heterocycles. The normalized spacial score (nSPS) is 11.8. The van der Waals surface area contributed by atoms with E-state index in [1.54, 1.807) is 44.9 Å². The highest BCUT2D eigenvalue weighted by Crippen LogP contribution is 2.34. The molecule has 12 heteroatoms. The number of halogens is 3. The SMILES string of the molecule is Cn1cc(-c2nc(C(=O)Nc3cc(C(F)(F)F)ccc3NC(=O)OC(C)(C)C)cs2)cn1. The molecule has 0 fully saturated rings. The van der Waals surface area contributed by atoms with E-state index in [-0.39, 0.29) is 17.1 Å². The maximum Gasteiger partial charge on any atom is 0.416 e. The van der Waals surface area contributed by atoms with Gasteiger partial charge in [0.2, 0.25) is 0 Å². The molecule has 0 radical (unpaired) electrons. The van der Waals surface area contributed by atoms with E-state index >= 15 is 0 Å². The van der Waals surface area contributed by atoms with Gasteiger partial charge in [0.1, 0.15) is 16.3 Å². The highest BCUT2D eigenvalue weighted by atomic mass is 32.1. The van der Waals surface area contributed by atoms with Crippen molar-refractivity contribution >= 4 is 34.7 Å². The fraction of sp³-hybridized carbons (Fsp3) is 0.300. The lowest BCUT2D eigenvalue weighted by Crippen LogP contribution is -2.27. The minimum absolute atomic E-state index is 0.00878. The van der Waals surface area contributed by atoms with Crippen molar-refractivity contribution in [1.82, 2.24) is 14.8 Å². The number of hydrogen-bond donors (Lipinski definition) is 2. The molecule has 2 amide bonds. The first-order chi connectivity index (χ1) is 14.8. The second-order valence-electron chi connectivity index (χ2n) is 7.78. The third-order valence-electron chi connectivity index (χ3n) is 3.92. The van der Waals surface area contributed by atoms with Crippen LogP contribution in [0.4, 0.5) is 29.3 Å². The van der Waals surface area contributed by atoms with Crippen molar-refractivity contribution in [3.05, 3.63) is 47.2 Å². The van der Waals surface area contributed by atoms with E-state index in [4.69, 9.17) is 4.74 Å². The number of anilines is 2. The summed E-state index contributed by atoms with van der Waals surface area (Å²) >= 11 is 1.19. The maximum absolute atomic E-state index is 13.2. The van der Waals surface area contributed by atoms with Gasteiger partial charge < -0.3 is 10.1 Å². The lowest BCUT2D eigenvalue weighted by Gasteiger charge is -2.21. The summed E-state index contributed by atoms with van der Waals surface area (Å²) in [5, 5.41) is 10.8. The number of aromatic nitrogens is 3. The van der Waals surface area contributed by atoms with Crippen molar-refractivity contribution in [2.45, 2.75) is 32.5 Å². The van der Waals surface area contributed by atoms with Gasteiger partial charge in [-0.15, -0.1) is 11.3 Å². The largest absolute Gasteiger partial charge is 0.444 e. The molecule has 3 aromatic rings. The Morgan fingerprint density at radius 1 is 1.12 bits per heavy atom. The first-order valence-corrected chi connectivity index (χ1v) is 10.2. The zero-order valence-electron chi connectivity index (χ0n) is 17.6. The van der Waals surface area contributed by atoms with E-state index in [0.29, 0.717) is 10.6 Å². The molecule has 1 aromatic carbocycles. The Morgan fingerprint density at radius 3 is 2.44 bits per heavy atom. The zero-order chi connectivity index (χ0) is 23.7. The molecule has 2 heterocycles. The predicted molar refractivity (Wildman–Crippen MR) is 114 cm³/mol. The number of benzene rings is 1. The highest BCUT2D eigenvalue weighted by Gasteiger charge is 2.31. The van der Waals surface area contributed by atoms with Crippen LogP contribution in [0.25, 0.3) is 10.6 Å². The van der Waals surface area contributed by atoms with E-state index in [2.05, 4.69) is 20.7 Å². The van der Waals surface area contributed by atoms with Gasteiger partial charge in [-0.1, -0.05) is 0 Å². The van der Waals surface area contributed by atoms with Gasteiger partial charge in [-0.3, -0.25) is 14.8 Å². The molecule has 32 heavy (non-hydrogen) atoms. The average Bonchev–Trinajstić information content (AvgIpc) is 3.29. The number of nitrogens with one attached hydrogen (secondary N) is 2. The molecule has 0 spiro atoms. The van der Waals surface area contributed by atoms with Gasteiger partial charge >= 0.3 is 12.3 Å². The molecule has 0 bridgehead atoms. The van der Waals surface area contributed by atoms with Gasteiger partial charge in [-0.2, -0.15) is 18.3 Å². The van der Waals surface area contributed by atoms with Gasteiger partial charge in [-0.25, -0.2) is 9.78 Å². The number of amides is 2. The van der Waals surface area contributed by atoms with E-state index in [0.717, 1.165) is 18.2 Å². The molecule has 0 saturated carbocycles. The number of carbonyl (C=O) groups is 2. The van der Waals surface area contributed by atoms with E-state index < -0.39 is 29.3 Å². The summed E-state index contributed by atoms with van der Waals surface area (Å²) in [7, 11) is 1.73. The minimum atomic E-state index is -4.64. The Balaban J connectivity index is 1.86. The molecule has 8 nitrogen and oxygen atoms in total. The molecule has 170 valence electrons. The number of aryl methyl sites for hydroxylation is 1. The van der Waals surface area contributed by atoms with Crippen molar-refractivity contribution in [1.29, 1.82) is 0 Å². The quantitative estimate of drug-likeness (QED) is 0.552. The molecule has 0 aliphatic rings. The van der Waals surface area contributed by atoms with Crippen LogP contribution >= 0.6 is 11.3 Å². The molecule has 0 atom stereocenters. The number of carbonyl (C=O) groups excluding carboxylic acids is 2. The number of alkyl halides is 3. The van der Waals surface area contributed by atoms with Crippen molar-refractivity contribution < 1.29 is 27.5 Å².